The number of halogens is 2. The lowest BCUT2D eigenvalue weighted by atomic mass is 10.1. The van der Waals surface area contributed by atoms with Gasteiger partial charge in [-0.25, -0.2) is 9.97 Å². The van der Waals surface area contributed by atoms with Crippen LogP contribution in [0.15, 0.2) is 60.2 Å². The molecule has 0 bridgehead atoms. The Morgan fingerprint density at radius 3 is 2.55 bits per heavy atom. The molecule has 3 aromatic rings. The topological polar surface area (TPSA) is 107 Å². The Morgan fingerprint density at radius 1 is 1.12 bits per heavy atom. The maximum absolute atomic E-state index is 13.4. The Hall–Kier alpha value is -4.58. The second-order valence-electron chi connectivity index (χ2n) is 8.99. The van der Waals surface area contributed by atoms with E-state index in [9.17, 15) is 13.6 Å². The first-order chi connectivity index (χ1) is 19.1. The van der Waals surface area contributed by atoms with E-state index in [1.807, 2.05) is 49.1 Å². The largest absolute Gasteiger partial charge is 0.433 e. The van der Waals surface area contributed by atoms with Crippen LogP contribution in [0.4, 0.5) is 37.5 Å². The minimum Gasteiger partial charge on any atom is -0.433 e. The third kappa shape index (κ3) is 7.96. The van der Waals surface area contributed by atoms with Crippen LogP contribution in [0.25, 0.3) is 11.3 Å². The highest BCUT2D eigenvalue weighted by Crippen LogP contribution is 2.39. The first-order valence-corrected chi connectivity index (χ1v) is 12.4. The third-order valence-electron chi connectivity index (χ3n) is 5.84. The number of hydrogen-bond donors (Lipinski definition) is 3. The fraction of sp³-hybridized carbons (Fsp3) is 0.286. The van der Waals surface area contributed by atoms with Gasteiger partial charge in [0.2, 0.25) is 11.9 Å². The van der Waals surface area contributed by atoms with Gasteiger partial charge in [-0.3, -0.25) is 9.79 Å². The number of aromatic nitrogens is 2. The summed E-state index contributed by atoms with van der Waals surface area (Å²) in [7, 11) is 9.16. The van der Waals surface area contributed by atoms with E-state index >= 15 is 0 Å². The molecule has 0 aliphatic carbocycles. The van der Waals surface area contributed by atoms with Crippen LogP contribution in [0.1, 0.15) is 5.56 Å². The molecule has 3 N–H and O–H groups in total. The molecular formula is C28H34F2N8O2. The number of aliphatic imine (C=N–C) groups is 1. The van der Waals surface area contributed by atoms with Crippen molar-refractivity contribution < 1.29 is 18.3 Å². The van der Waals surface area contributed by atoms with E-state index in [4.69, 9.17) is 4.74 Å². The zero-order valence-electron chi connectivity index (χ0n) is 23.2. The van der Waals surface area contributed by atoms with E-state index < -0.39 is 12.5 Å². The molecule has 0 spiro atoms. The fourth-order valence-electron chi connectivity index (χ4n) is 3.81. The van der Waals surface area contributed by atoms with Crippen LogP contribution in [0.5, 0.6) is 5.75 Å². The predicted molar refractivity (Wildman–Crippen MR) is 158 cm³/mol. The van der Waals surface area contributed by atoms with Crippen LogP contribution < -0.4 is 25.6 Å². The molecule has 212 valence electrons. The smallest absolute Gasteiger partial charge is 0.387 e. The summed E-state index contributed by atoms with van der Waals surface area (Å²) >= 11 is 0. The molecule has 1 aromatic heterocycles. The number of carbonyl (C=O) groups is 1. The van der Waals surface area contributed by atoms with E-state index in [1.54, 1.807) is 32.6 Å². The number of carbonyl (C=O) groups excluding carboxylic acids is 1. The number of anilines is 5. The molecular weight excluding hydrogens is 518 g/mol. The number of benzene rings is 2. The van der Waals surface area contributed by atoms with E-state index in [2.05, 4.69) is 37.5 Å². The van der Waals surface area contributed by atoms with Gasteiger partial charge in [0.25, 0.3) is 0 Å². The molecule has 0 fully saturated rings. The summed E-state index contributed by atoms with van der Waals surface area (Å²) in [5, 5.41) is 8.86. The molecule has 12 heteroatoms. The number of amides is 1. The predicted octanol–water partition coefficient (Wildman–Crippen LogP) is 4.70. The molecule has 0 atom stereocenters. The Bertz CT molecular complexity index is 1360. The minimum absolute atomic E-state index is 0.131. The summed E-state index contributed by atoms with van der Waals surface area (Å²) < 4.78 is 31.7. The van der Waals surface area contributed by atoms with Crippen LogP contribution in [0.3, 0.4) is 0 Å². The number of hydrogen-bond acceptors (Lipinski definition) is 9. The molecule has 0 unspecified atom stereocenters. The Morgan fingerprint density at radius 2 is 1.90 bits per heavy atom. The summed E-state index contributed by atoms with van der Waals surface area (Å²) in [6.07, 6.45) is 4.43. The highest BCUT2D eigenvalue weighted by Gasteiger charge is 2.19. The summed E-state index contributed by atoms with van der Waals surface area (Å²) in [6, 6.07) is 10.4. The van der Waals surface area contributed by atoms with Crippen molar-refractivity contribution in [2.75, 3.05) is 69.2 Å². The van der Waals surface area contributed by atoms with Crippen molar-refractivity contribution in [1.29, 1.82) is 0 Å². The Balaban J connectivity index is 2.04. The number of likely N-dealkylation sites (N-methyl/N-ethyl adjacent to an activating group) is 2. The van der Waals surface area contributed by atoms with Gasteiger partial charge in [-0.15, -0.1) is 0 Å². The van der Waals surface area contributed by atoms with Crippen LogP contribution >= 0.6 is 0 Å². The van der Waals surface area contributed by atoms with Gasteiger partial charge < -0.3 is 30.5 Å². The van der Waals surface area contributed by atoms with Crippen molar-refractivity contribution in [2.24, 2.45) is 4.99 Å². The minimum atomic E-state index is -3.08. The summed E-state index contributed by atoms with van der Waals surface area (Å²) in [4.78, 5) is 28.9. The van der Waals surface area contributed by atoms with E-state index in [0.717, 1.165) is 22.9 Å². The number of rotatable bonds is 13. The van der Waals surface area contributed by atoms with Crippen LogP contribution in [-0.4, -0.2) is 81.9 Å². The quantitative estimate of drug-likeness (QED) is 0.207. The van der Waals surface area contributed by atoms with Crippen LogP contribution in [0, 0.1) is 0 Å². The lowest BCUT2D eigenvalue weighted by Gasteiger charge is -2.26. The van der Waals surface area contributed by atoms with Crippen LogP contribution in [-0.2, 0) is 4.79 Å². The molecule has 1 amide bonds. The van der Waals surface area contributed by atoms with E-state index in [0.29, 0.717) is 30.2 Å². The third-order valence-corrected chi connectivity index (χ3v) is 5.84. The van der Waals surface area contributed by atoms with Crippen molar-refractivity contribution in [3.8, 4) is 17.0 Å². The molecule has 0 saturated heterocycles. The molecule has 0 radical (unpaired) electrons. The number of nitrogens with one attached hydrogen (secondary N) is 3. The lowest BCUT2D eigenvalue weighted by Crippen LogP contribution is -2.29. The van der Waals surface area contributed by atoms with Gasteiger partial charge in [0.05, 0.1) is 22.8 Å². The maximum atomic E-state index is 13.4. The second kappa shape index (κ2) is 14.0. The highest BCUT2D eigenvalue weighted by molar-refractivity contribution is 6.02. The summed E-state index contributed by atoms with van der Waals surface area (Å²) in [5.41, 5.74) is 4.20. The first kappa shape index (κ1) is 30.0. The number of ether oxygens (including phenoxy) is 1. The normalized spacial score (nSPS) is 11.1. The first-order valence-electron chi connectivity index (χ1n) is 12.4. The van der Waals surface area contributed by atoms with E-state index in [1.165, 1.54) is 12.1 Å². The second-order valence-corrected chi connectivity index (χ2v) is 8.99. The molecule has 40 heavy (non-hydrogen) atoms. The van der Waals surface area contributed by atoms with Crippen molar-refractivity contribution in [3.05, 3.63) is 60.8 Å². The average Bonchev–Trinajstić information content (AvgIpc) is 2.93. The van der Waals surface area contributed by atoms with Gasteiger partial charge in [-0.1, -0.05) is 18.7 Å². The summed E-state index contributed by atoms with van der Waals surface area (Å²) in [6.45, 7) is 1.68. The van der Waals surface area contributed by atoms with Gasteiger partial charge in [-0.05, 0) is 38.4 Å². The van der Waals surface area contributed by atoms with Crippen molar-refractivity contribution in [3.63, 3.8) is 0 Å². The zero-order valence-corrected chi connectivity index (χ0v) is 23.2. The maximum Gasteiger partial charge on any atom is 0.387 e. The highest BCUT2D eigenvalue weighted by atomic mass is 19.3. The lowest BCUT2D eigenvalue weighted by molar-refractivity contribution is -0.111. The van der Waals surface area contributed by atoms with Crippen molar-refractivity contribution in [2.45, 2.75) is 6.61 Å². The molecule has 2 aromatic carbocycles. The molecule has 1 heterocycles. The Kier molecular flexibility index (Phi) is 10.5. The molecule has 0 aliphatic heterocycles. The van der Waals surface area contributed by atoms with Gasteiger partial charge in [-0.2, -0.15) is 8.78 Å². The van der Waals surface area contributed by atoms with Crippen LogP contribution in [0.2, 0.25) is 0 Å². The monoisotopic (exact) mass is 552 g/mol. The standard InChI is InChI=1S/C28H34F2N8O2/c1-7-26(39)34-22-15-23(25(40-27(29)30)16-24(22)38(6)13-12-37(4)5)36-28-33-11-10-20(35-28)18-8-9-19(17-31-2)21(14-18)32-3/h7-11,14-17,27,32H,1,12-13H2,2-6H3,(H,34,39)(H,33,35,36)/b31-17-. The number of nitrogens with zero attached hydrogens (tertiary/aromatic N) is 5. The van der Waals surface area contributed by atoms with Gasteiger partial charge in [0.15, 0.2) is 5.75 Å². The SMILES string of the molecule is C=CC(=O)Nc1cc(Nc2nccc(-c3ccc(/C=N\C)c(NC)c3)n2)c(OC(F)F)cc1N(C)CCN(C)C. The van der Waals surface area contributed by atoms with Crippen molar-refractivity contribution in [1.82, 2.24) is 14.9 Å². The van der Waals surface area contributed by atoms with Gasteiger partial charge in [0, 0.05) is 69.5 Å². The molecule has 3 rings (SSSR count). The molecule has 0 saturated carbocycles. The average molecular weight is 553 g/mol. The molecule has 0 aliphatic rings. The Labute approximate surface area is 232 Å². The van der Waals surface area contributed by atoms with Gasteiger partial charge >= 0.3 is 6.61 Å². The van der Waals surface area contributed by atoms with Gasteiger partial charge in [0.1, 0.15) is 0 Å². The van der Waals surface area contributed by atoms with Crippen molar-refractivity contribution >= 4 is 40.8 Å². The van der Waals surface area contributed by atoms with E-state index in [-0.39, 0.29) is 17.4 Å². The number of alkyl halides is 2. The summed E-state index contributed by atoms with van der Waals surface area (Å²) in [5.74, 6) is -0.435. The fourth-order valence-corrected chi connectivity index (χ4v) is 3.81. The zero-order chi connectivity index (χ0) is 29.2. The molecule has 10 nitrogen and oxygen atoms in total.